The molecule has 6 nitrogen and oxygen atoms in total. The number of amides is 1. The standard InChI is InChI=1S/C15H24N2O4.H2S2/c1-14(2,3)20-12(18)10-7-8-16-11(10)9-17-13(19)21-15(4,5)6;1-2/h7-8,16H,9H2,1-6H3,(H,17,19);1-2H. The lowest BCUT2D eigenvalue weighted by Gasteiger charge is -2.20. The van der Waals surface area contributed by atoms with Crippen molar-refractivity contribution in [1.29, 1.82) is 0 Å². The first-order valence-electron chi connectivity index (χ1n) is 7.04. The normalized spacial score (nSPS) is 11.1. The molecule has 0 spiro atoms. The molecule has 0 aliphatic carbocycles. The topological polar surface area (TPSA) is 80.4 Å². The van der Waals surface area contributed by atoms with Gasteiger partial charge in [0.25, 0.3) is 0 Å². The maximum absolute atomic E-state index is 12.0. The van der Waals surface area contributed by atoms with Crippen LogP contribution in [0.1, 0.15) is 57.6 Å². The summed E-state index contributed by atoms with van der Waals surface area (Å²) in [4.78, 5) is 26.5. The molecular weight excluding hydrogens is 336 g/mol. The third-order valence-electron chi connectivity index (χ3n) is 2.26. The van der Waals surface area contributed by atoms with E-state index < -0.39 is 23.3 Å². The molecule has 0 aliphatic rings. The first kappa shape index (κ1) is 21.7. The molecule has 0 aliphatic heterocycles. The van der Waals surface area contributed by atoms with Crippen molar-refractivity contribution < 1.29 is 19.1 Å². The van der Waals surface area contributed by atoms with Crippen molar-refractivity contribution in [2.45, 2.75) is 59.3 Å². The molecule has 0 radical (unpaired) electrons. The predicted octanol–water partition coefficient (Wildman–Crippen LogP) is 3.76. The summed E-state index contributed by atoms with van der Waals surface area (Å²) < 4.78 is 10.4. The maximum atomic E-state index is 12.0. The Kier molecular flexibility index (Phi) is 8.61. The lowest BCUT2D eigenvalue weighted by Crippen LogP contribution is -2.32. The van der Waals surface area contributed by atoms with E-state index in [2.05, 4.69) is 33.6 Å². The number of nitrogens with one attached hydrogen (secondary N) is 2. The number of rotatable bonds is 3. The van der Waals surface area contributed by atoms with Crippen molar-refractivity contribution in [2.24, 2.45) is 0 Å². The molecule has 1 rings (SSSR count). The zero-order chi connectivity index (χ0) is 18.3. The average molecular weight is 363 g/mol. The van der Waals surface area contributed by atoms with Gasteiger partial charge in [-0.15, -0.1) is 23.3 Å². The largest absolute Gasteiger partial charge is 0.456 e. The predicted molar refractivity (Wildman–Crippen MR) is 97.0 cm³/mol. The SMILES string of the molecule is CC(C)(C)OC(=O)NCc1[nH]ccc1C(=O)OC(C)(C)C.SS. The second-order valence-corrected chi connectivity index (χ2v) is 6.73. The highest BCUT2D eigenvalue weighted by molar-refractivity contribution is 8.59. The van der Waals surface area contributed by atoms with Crippen LogP contribution < -0.4 is 5.32 Å². The molecule has 23 heavy (non-hydrogen) atoms. The summed E-state index contributed by atoms with van der Waals surface area (Å²) in [5.41, 5.74) is -0.144. The van der Waals surface area contributed by atoms with Gasteiger partial charge in [0.1, 0.15) is 11.2 Å². The van der Waals surface area contributed by atoms with E-state index in [-0.39, 0.29) is 6.54 Å². The van der Waals surface area contributed by atoms with E-state index in [0.29, 0.717) is 11.3 Å². The van der Waals surface area contributed by atoms with E-state index in [4.69, 9.17) is 9.47 Å². The number of esters is 1. The van der Waals surface area contributed by atoms with Gasteiger partial charge in [0.15, 0.2) is 0 Å². The Morgan fingerprint density at radius 2 is 1.61 bits per heavy atom. The lowest BCUT2D eigenvalue weighted by atomic mass is 10.2. The zero-order valence-electron chi connectivity index (χ0n) is 14.4. The summed E-state index contributed by atoms with van der Waals surface area (Å²) in [5, 5.41) is 2.60. The lowest BCUT2D eigenvalue weighted by molar-refractivity contribution is 0.00673. The molecule has 0 bridgehead atoms. The molecule has 0 saturated carbocycles. The first-order valence-corrected chi connectivity index (χ1v) is 8.64. The monoisotopic (exact) mass is 362 g/mol. The summed E-state index contributed by atoms with van der Waals surface area (Å²) in [6.07, 6.45) is 1.10. The number of ether oxygens (including phenoxy) is 2. The van der Waals surface area contributed by atoms with Crippen molar-refractivity contribution in [3.8, 4) is 0 Å². The molecule has 0 fully saturated rings. The van der Waals surface area contributed by atoms with Crippen LogP contribution in [0, 0.1) is 0 Å². The fourth-order valence-electron chi connectivity index (χ4n) is 1.55. The third-order valence-corrected chi connectivity index (χ3v) is 2.26. The molecule has 132 valence electrons. The fourth-order valence-corrected chi connectivity index (χ4v) is 1.55. The Balaban J connectivity index is 0.00000232. The van der Waals surface area contributed by atoms with Gasteiger partial charge in [-0.05, 0) is 47.6 Å². The molecule has 0 aromatic carbocycles. The average Bonchev–Trinajstić information content (AvgIpc) is 2.83. The summed E-state index contributed by atoms with van der Waals surface area (Å²) in [7, 11) is 0. The van der Waals surface area contributed by atoms with Crippen LogP contribution in [0.15, 0.2) is 12.3 Å². The van der Waals surface area contributed by atoms with E-state index in [1.54, 1.807) is 53.8 Å². The highest BCUT2D eigenvalue weighted by Crippen LogP contribution is 2.15. The van der Waals surface area contributed by atoms with Crippen molar-refractivity contribution in [2.75, 3.05) is 0 Å². The number of aromatic nitrogens is 1. The first-order chi connectivity index (χ1) is 10.5. The summed E-state index contributed by atoms with van der Waals surface area (Å²) >= 11 is 6.44. The molecule has 0 atom stereocenters. The Bertz CT molecular complexity index is 516. The van der Waals surface area contributed by atoms with E-state index >= 15 is 0 Å². The van der Waals surface area contributed by atoms with Gasteiger partial charge in [0, 0.05) is 11.9 Å². The maximum Gasteiger partial charge on any atom is 0.407 e. The van der Waals surface area contributed by atoms with Gasteiger partial charge in [-0.2, -0.15) is 0 Å². The van der Waals surface area contributed by atoms with Gasteiger partial charge in [0.2, 0.25) is 0 Å². The van der Waals surface area contributed by atoms with Crippen molar-refractivity contribution in [1.82, 2.24) is 10.3 Å². The Labute approximate surface area is 147 Å². The Hall–Kier alpha value is -1.28. The number of carbonyl (C=O) groups is 2. The second kappa shape index (κ2) is 9.12. The molecule has 1 amide bonds. The summed E-state index contributed by atoms with van der Waals surface area (Å²) in [6, 6.07) is 1.63. The number of thiol groups is 2. The quantitative estimate of drug-likeness (QED) is 0.375. The van der Waals surface area contributed by atoms with Crippen LogP contribution in [0.2, 0.25) is 0 Å². The number of H-pyrrole nitrogens is 1. The van der Waals surface area contributed by atoms with Gasteiger partial charge in [-0.3, -0.25) is 0 Å². The number of carbonyl (C=O) groups excluding carboxylic acids is 2. The Morgan fingerprint density at radius 3 is 2.09 bits per heavy atom. The molecule has 0 saturated heterocycles. The molecule has 2 N–H and O–H groups in total. The van der Waals surface area contributed by atoms with Crippen LogP contribution >= 0.6 is 23.3 Å². The third kappa shape index (κ3) is 9.45. The van der Waals surface area contributed by atoms with E-state index in [9.17, 15) is 9.59 Å². The van der Waals surface area contributed by atoms with E-state index in [1.165, 1.54) is 0 Å². The highest BCUT2D eigenvalue weighted by atomic mass is 33.1. The second-order valence-electron chi connectivity index (χ2n) is 6.73. The molecule has 8 heteroatoms. The van der Waals surface area contributed by atoms with Crippen LogP contribution in [0.5, 0.6) is 0 Å². The van der Waals surface area contributed by atoms with Crippen molar-refractivity contribution in [3.05, 3.63) is 23.5 Å². The van der Waals surface area contributed by atoms with Gasteiger partial charge in [-0.1, -0.05) is 0 Å². The number of hydrogen-bond acceptors (Lipinski definition) is 6. The highest BCUT2D eigenvalue weighted by Gasteiger charge is 2.22. The van der Waals surface area contributed by atoms with Crippen LogP contribution in [-0.2, 0) is 16.0 Å². The van der Waals surface area contributed by atoms with Gasteiger partial charge >= 0.3 is 12.1 Å². The summed E-state index contributed by atoms with van der Waals surface area (Å²) in [6.45, 7) is 10.9. The minimum absolute atomic E-state index is 0.163. The smallest absolute Gasteiger partial charge is 0.407 e. The van der Waals surface area contributed by atoms with Crippen LogP contribution in [0.25, 0.3) is 0 Å². The van der Waals surface area contributed by atoms with Crippen LogP contribution in [0.4, 0.5) is 4.79 Å². The van der Waals surface area contributed by atoms with Crippen LogP contribution in [0.3, 0.4) is 0 Å². The molecular formula is C15H26N2O4S2. The Morgan fingerprint density at radius 1 is 1.09 bits per heavy atom. The van der Waals surface area contributed by atoms with Gasteiger partial charge in [0.05, 0.1) is 12.1 Å². The van der Waals surface area contributed by atoms with Crippen molar-refractivity contribution in [3.63, 3.8) is 0 Å². The molecule has 1 heterocycles. The minimum atomic E-state index is -0.565. The summed E-state index contributed by atoms with van der Waals surface area (Å²) in [5.74, 6) is -0.426. The minimum Gasteiger partial charge on any atom is -0.456 e. The van der Waals surface area contributed by atoms with Gasteiger partial charge in [-0.25, -0.2) is 9.59 Å². The van der Waals surface area contributed by atoms with E-state index in [1.807, 2.05) is 0 Å². The molecule has 1 aromatic heterocycles. The van der Waals surface area contributed by atoms with Gasteiger partial charge < -0.3 is 19.8 Å². The number of aromatic amines is 1. The van der Waals surface area contributed by atoms with Crippen molar-refractivity contribution >= 4 is 35.4 Å². The van der Waals surface area contributed by atoms with E-state index in [0.717, 1.165) is 0 Å². The fraction of sp³-hybridized carbons (Fsp3) is 0.600. The zero-order valence-corrected chi connectivity index (χ0v) is 16.2. The van der Waals surface area contributed by atoms with Crippen LogP contribution in [-0.4, -0.2) is 28.2 Å². The number of hydrogen-bond donors (Lipinski definition) is 4. The number of alkyl carbamates (subject to hydrolysis) is 1. The molecule has 0 unspecified atom stereocenters. The molecule has 1 aromatic rings.